The Morgan fingerprint density at radius 2 is 2.21 bits per heavy atom. The van der Waals surface area contributed by atoms with Crippen molar-refractivity contribution in [3.63, 3.8) is 0 Å². The molecular weight excluding hydrogens is 322 g/mol. The van der Waals surface area contributed by atoms with E-state index in [4.69, 9.17) is 4.74 Å². The van der Waals surface area contributed by atoms with Crippen LogP contribution in [0.2, 0.25) is 0 Å². The van der Waals surface area contributed by atoms with Crippen molar-refractivity contribution in [2.45, 2.75) is 26.3 Å². The van der Waals surface area contributed by atoms with Gasteiger partial charge in [0.15, 0.2) is 0 Å². The molecule has 0 aliphatic carbocycles. The fraction of sp³-hybridized carbons (Fsp3) is 0.444. The third-order valence-corrected chi connectivity index (χ3v) is 4.95. The number of carbonyl (C=O) groups excluding carboxylic acids is 1. The van der Waals surface area contributed by atoms with Crippen LogP contribution >= 0.6 is 11.3 Å². The van der Waals surface area contributed by atoms with Crippen LogP contribution in [0.15, 0.2) is 29.6 Å². The van der Waals surface area contributed by atoms with E-state index in [-0.39, 0.29) is 11.9 Å². The number of aromatic nitrogens is 1. The van der Waals surface area contributed by atoms with Crippen LogP contribution in [0, 0.1) is 0 Å². The highest BCUT2D eigenvalue weighted by Gasteiger charge is 2.25. The SMILES string of the molecule is CCCOc1ccc(-c2nc(C(=O)N3CCNC[C@@H]3C)cs2)cc1. The first-order valence-electron chi connectivity index (χ1n) is 8.39. The predicted octanol–water partition coefficient (Wildman–Crippen LogP) is 3.03. The fourth-order valence-electron chi connectivity index (χ4n) is 2.71. The molecule has 1 amide bonds. The lowest BCUT2D eigenvalue weighted by Gasteiger charge is -2.33. The maximum Gasteiger partial charge on any atom is 0.273 e. The first kappa shape index (κ1) is 16.9. The molecule has 0 bridgehead atoms. The Morgan fingerprint density at radius 1 is 1.42 bits per heavy atom. The van der Waals surface area contributed by atoms with Crippen molar-refractivity contribution in [2.75, 3.05) is 26.2 Å². The lowest BCUT2D eigenvalue weighted by atomic mass is 10.2. The summed E-state index contributed by atoms with van der Waals surface area (Å²) in [5, 5.41) is 6.02. The molecule has 0 saturated carbocycles. The van der Waals surface area contributed by atoms with Gasteiger partial charge in [0.1, 0.15) is 16.5 Å². The number of rotatable bonds is 5. The van der Waals surface area contributed by atoms with Gasteiger partial charge in [-0.3, -0.25) is 4.79 Å². The first-order valence-corrected chi connectivity index (χ1v) is 9.27. The topological polar surface area (TPSA) is 54.5 Å². The van der Waals surface area contributed by atoms with E-state index in [1.165, 1.54) is 11.3 Å². The van der Waals surface area contributed by atoms with Gasteiger partial charge >= 0.3 is 0 Å². The average molecular weight is 345 g/mol. The van der Waals surface area contributed by atoms with Gasteiger partial charge in [0.05, 0.1) is 6.61 Å². The standard InChI is InChI=1S/C18H23N3O2S/c1-3-10-23-15-6-4-14(5-7-15)17-20-16(12-24-17)18(22)21-9-8-19-11-13(21)2/h4-7,12-13,19H,3,8-11H2,1-2H3/t13-/m0/s1. The van der Waals surface area contributed by atoms with Crippen LogP contribution in [-0.4, -0.2) is 48.1 Å². The number of hydrogen-bond acceptors (Lipinski definition) is 5. The maximum atomic E-state index is 12.6. The Hall–Kier alpha value is -1.92. The van der Waals surface area contributed by atoms with Gasteiger partial charge in [-0.25, -0.2) is 4.98 Å². The van der Waals surface area contributed by atoms with E-state index in [9.17, 15) is 4.79 Å². The van der Waals surface area contributed by atoms with E-state index >= 15 is 0 Å². The molecule has 0 spiro atoms. The van der Waals surface area contributed by atoms with Gasteiger partial charge in [-0.15, -0.1) is 11.3 Å². The number of ether oxygens (including phenoxy) is 1. The second-order valence-electron chi connectivity index (χ2n) is 5.96. The summed E-state index contributed by atoms with van der Waals surface area (Å²) in [4.78, 5) is 19.1. The quantitative estimate of drug-likeness (QED) is 0.905. The Labute approximate surface area is 146 Å². The van der Waals surface area contributed by atoms with Crippen LogP contribution < -0.4 is 10.1 Å². The minimum absolute atomic E-state index is 0.0226. The zero-order chi connectivity index (χ0) is 16.9. The van der Waals surface area contributed by atoms with Crippen LogP contribution in [0.4, 0.5) is 0 Å². The van der Waals surface area contributed by atoms with E-state index < -0.39 is 0 Å². The number of nitrogens with one attached hydrogen (secondary N) is 1. The van der Waals surface area contributed by atoms with Gasteiger partial charge in [-0.1, -0.05) is 6.92 Å². The molecule has 1 aromatic carbocycles. The van der Waals surface area contributed by atoms with Crippen molar-refractivity contribution in [3.8, 4) is 16.3 Å². The normalized spacial score (nSPS) is 17.8. The van der Waals surface area contributed by atoms with E-state index in [0.717, 1.165) is 49.0 Å². The number of benzene rings is 1. The molecule has 0 unspecified atom stereocenters. The molecule has 1 aliphatic heterocycles. The monoisotopic (exact) mass is 345 g/mol. The summed E-state index contributed by atoms with van der Waals surface area (Å²) in [6.45, 7) is 7.27. The number of hydrogen-bond donors (Lipinski definition) is 1. The van der Waals surface area contributed by atoms with Crippen LogP contribution in [0.25, 0.3) is 10.6 Å². The van der Waals surface area contributed by atoms with Gasteiger partial charge in [0.25, 0.3) is 5.91 Å². The molecule has 1 N–H and O–H groups in total. The molecule has 2 aromatic rings. The van der Waals surface area contributed by atoms with Gasteiger partial charge in [-0.05, 0) is 37.6 Å². The molecule has 1 atom stereocenters. The molecular formula is C18H23N3O2S. The van der Waals surface area contributed by atoms with Crippen LogP contribution in [0.3, 0.4) is 0 Å². The number of amides is 1. The fourth-order valence-corrected chi connectivity index (χ4v) is 3.51. The summed E-state index contributed by atoms with van der Waals surface area (Å²) in [6, 6.07) is 8.08. The van der Waals surface area contributed by atoms with E-state index in [1.807, 2.05) is 34.5 Å². The van der Waals surface area contributed by atoms with Crippen LogP contribution in [-0.2, 0) is 0 Å². The summed E-state index contributed by atoms with van der Waals surface area (Å²) in [7, 11) is 0. The third kappa shape index (κ3) is 3.76. The van der Waals surface area contributed by atoms with Gasteiger partial charge in [0, 0.05) is 36.6 Å². The van der Waals surface area contributed by atoms with E-state index in [0.29, 0.717) is 5.69 Å². The Bertz CT molecular complexity index is 684. The van der Waals surface area contributed by atoms with Crippen molar-refractivity contribution < 1.29 is 9.53 Å². The summed E-state index contributed by atoms with van der Waals surface area (Å²) >= 11 is 1.50. The summed E-state index contributed by atoms with van der Waals surface area (Å²) in [5.41, 5.74) is 1.55. The zero-order valence-electron chi connectivity index (χ0n) is 14.1. The summed E-state index contributed by atoms with van der Waals surface area (Å²) < 4.78 is 5.60. The zero-order valence-corrected chi connectivity index (χ0v) is 14.9. The summed E-state index contributed by atoms with van der Waals surface area (Å²) in [5.74, 6) is 0.887. The molecule has 2 heterocycles. The first-order chi connectivity index (χ1) is 11.7. The van der Waals surface area contributed by atoms with Crippen molar-refractivity contribution in [1.82, 2.24) is 15.2 Å². The molecule has 1 saturated heterocycles. The Balaban J connectivity index is 1.71. The highest BCUT2D eigenvalue weighted by atomic mass is 32.1. The van der Waals surface area contributed by atoms with Gasteiger partial charge < -0.3 is 15.0 Å². The molecule has 1 fully saturated rings. The molecule has 128 valence electrons. The Kier molecular flexibility index (Phi) is 5.48. The lowest BCUT2D eigenvalue weighted by Crippen LogP contribution is -2.52. The van der Waals surface area contributed by atoms with E-state index in [2.05, 4.69) is 24.1 Å². The largest absolute Gasteiger partial charge is 0.494 e. The molecule has 24 heavy (non-hydrogen) atoms. The van der Waals surface area contributed by atoms with Crippen LogP contribution in [0.1, 0.15) is 30.8 Å². The number of carbonyl (C=O) groups is 1. The van der Waals surface area contributed by atoms with Crippen molar-refractivity contribution in [2.24, 2.45) is 0 Å². The van der Waals surface area contributed by atoms with E-state index in [1.54, 1.807) is 0 Å². The molecule has 1 aromatic heterocycles. The minimum atomic E-state index is 0.0226. The Morgan fingerprint density at radius 3 is 2.92 bits per heavy atom. The van der Waals surface area contributed by atoms with Crippen molar-refractivity contribution in [3.05, 3.63) is 35.3 Å². The smallest absolute Gasteiger partial charge is 0.273 e. The van der Waals surface area contributed by atoms with Gasteiger partial charge in [-0.2, -0.15) is 0 Å². The third-order valence-electron chi connectivity index (χ3n) is 4.06. The predicted molar refractivity (Wildman–Crippen MR) is 96.7 cm³/mol. The molecule has 3 rings (SSSR count). The molecule has 0 radical (unpaired) electrons. The molecule has 5 nitrogen and oxygen atoms in total. The maximum absolute atomic E-state index is 12.6. The molecule has 1 aliphatic rings. The highest BCUT2D eigenvalue weighted by Crippen LogP contribution is 2.26. The van der Waals surface area contributed by atoms with Crippen molar-refractivity contribution >= 4 is 17.2 Å². The second-order valence-corrected chi connectivity index (χ2v) is 6.82. The minimum Gasteiger partial charge on any atom is -0.494 e. The lowest BCUT2D eigenvalue weighted by molar-refractivity contribution is 0.0650. The second kappa shape index (κ2) is 7.77. The number of piperazine rings is 1. The average Bonchev–Trinajstić information content (AvgIpc) is 3.10. The van der Waals surface area contributed by atoms with Crippen LogP contribution in [0.5, 0.6) is 5.75 Å². The highest BCUT2D eigenvalue weighted by molar-refractivity contribution is 7.13. The number of nitrogens with zero attached hydrogens (tertiary/aromatic N) is 2. The number of thiazole rings is 1. The molecule has 6 heteroatoms. The summed E-state index contributed by atoms with van der Waals surface area (Å²) in [6.07, 6.45) is 0.990. The van der Waals surface area contributed by atoms with Crippen molar-refractivity contribution in [1.29, 1.82) is 0 Å². The van der Waals surface area contributed by atoms with Gasteiger partial charge in [0.2, 0.25) is 0 Å².